The predicted molar refractivity (Wildman–Crippen MR) is 160 cm³/mol. The molecular weight excluding hydrogens is 570 g/mol. The van der Waals surface area contributed by atoms with Crippen molar-refractivity contribution in [3.63, 3.8) is 0 Å². The Morgan fingerprint density at radius 2 is 1.77 bits per heavy atom. The van der Waals surface area contributed by atoms with Crippen LogP contribution in [0.5, 0.6) is 0 Å². The highest BCUT2D eigenvalue weighted by atomic mass is 16.5. The summed E-state index contributed by atoms with van der Waals surface area (Å²) < 4.78 is 6.53. The molecule has 44 heavy (non-hydrogen) atoms. The second-order valence-corrected chi connectivity index (χ2v) is 10.4. The summed E-state index contributed by atoms with van der Waals surface area (Å²) in [5.41, 5.74) is 12.1. The van der Waals surface area contributed by atoms with E-state index in [1.54, 1.807) is 0 Å². The summed E-state index contributed by atoms with van der Waals surface area (Å²) in [5.74, 6) is -2.05. The van der Waals surface area contributed by atoms with Gasteiger partial charge in [0, 0.05) is 41.7 Å². The van der Waals surface area contributed by atoms with Gasteiger partial charge in [-0.3, -0.25) is 23.9 Å². The molecule has 2 amide bonds. The number of rotatable bonds is 14. The minimum Gasteiger partial charge on any atom is -0.480 e. The average molecular weight is 604 g/mol. The number of amides is 2. The van der Waals surface area contributed by atoms with Crippen LogP contribution in [0.2, 0.25) is 0 Å². The lowest BCUT2D eigenvalue weighted by atomic mass is 9.98. The highest BCUT2D eigenvalue weighted by molar-refractivity contribution is 5.81. The molecule has 0 fully saturated rings. The van der Waals surface area contributed by atoms with Crippen molar-refractivity contribution in [3.05, 3.63) is 103 Å². The molecule has 0 unspecified atom stereocenters. The second kappa shape index (κ2) is 14.7. The molecule has 1 heterocycles. The number of aliphatic carboxylic acids is 1. The molecule has 0 saturated heterocycles. The van der Waals surface area contributed by atoms with Crippen LogP contribution < -0.4 is 16.6 Å². The van der Waals surface area contributed by atoms with Gasteiger partial charge in [0.05, 0.1) is 0 Å². The molecule has 230 valence electrons. The number of fused-ring (bicyclic) bond motifs is 3. The number of hydrogen-bond donors (Lipinski definition) is 3. The van der Waals surface area contributed by atoms with E-state index >= 15 is 0 Å². The van der Waals surface area contributed by atoms with Crippen LogP contribution >= 0.6 is 0 Å². The molecule has 0 bridgehead atoms. The number of azide groups is 1. The van der Waals surface area contributed by atoms with Gasteiger partial charge in [0.15, 0.2) is 0 Å². The summed E-state index contributed by atoms with van der Waals surface area (Å²) in [5, 5.41) is 15.7. The van der Waals surface area contributed by atoms with E-state index in [2.05, 4.69) is 32.5 Å². The zero-order chi connectivity index (χ0) is 31.6. The molecule has 1 atom stereocenters. The van der Waals surface area contributed by atoms with Gasteiger partial charge in [0.25, 0.3) is 5.56 Å². The van der Waals surface area contributed by atoms with Crippen LogP contribution in [0.3, 0.4) is 0 Å². The smallest absolute Gasteiger partial charge is 0.407 e. The summed E-state index contributed by atoms with van der Waals surface area (Å²) in [4.78, 5) is 66.9. The zero-order valence-electron chi connectivity index (χ0n) is 24.1. The van der Waals surface area contributed by atoms with Gasteiger partial charge in [0.1, 0.15) is 19.7 Å². The molecule has 1 aromatic heterocycles. The van der Waals surface area contributed by atoms with Crippen molar-refractivity contribution >= 4 is 18.0 Å². The van der Waals surface area contributed by atoms with Crippen molar-refractivity contribution in [2.75, 3.05) is 26.2 Å². The Morgan fingerprint density at radius 3 is 2.41 bits per heavy atom. The molecule has 0 radical (unpaired) electrons. The van der Waals surface area contributed by atoms with Crippen LogP contribution in [0.15, 0.2) is 69.4 Å². The topological polar surface area (TPSA) is 200 Å². The van der Waals surface area contributed by atoms with Gasteiger partial charge in [-0.05, 0) is 54.0 Å². The zero-order valence-corrected chi connectivity index (χ0v) is 24.1. The standard InChI is InChI=1S/C30H33N7O7/c1-19-15-36(29(42)34-28(19)41)16-26(38)37(17-27(39)40)20(14-33-35-31)8-6-7-13-32-30(43)44-18-25-23-11-4-2-9-21(23)22-10-3-5-12-24(22)25/h2-5,9-12,15,20,25H,6-8,13-14,16-18H2,1H3,(H,32,43)(H,39,40)(H,34,41,42)/t20-/m0/s1. The molecule has 1 aliphatic carbocycles. The third kappa shape index (κ3) is 7.72. The van der Waals surface area contributed by atoms with Gasteiger partial charge in [0.2, 0.25) is 5.91 Å². The van der Waals surface area contributed by atoms with Crippen molar-refractivity contribution < 1.29 is 24.2 Å². The maximum atomic E-state index is 13.1. The van der Waals surface area contributed by atoms with E-state index in [1.165, 1.54) is 13.1 Å². The van der Waals surface area contributed by atoms with Gasteiger partial charge < -0.3 is 20.1 Å². The second-order valence-electron chi connectivity index (χ2n) is 10.4. The van der Waals surface area contributed by atoms with Gasteiger partial charge >= 0.3 is 17.8 Å². The van der Waals surface area contributed by atoms with Gasteiger partial charge in [-0.15, -0.1) is 0 Å². The number of hydrogen-bond acceptors (Lipinski definition) is 7. The Bertz CT molecular complexity index is 1650. The first-order valence-corrected chi connectivity index (χ1v) is 14.1. The Morgan fingerprint density at radius 1 is 1.11 bits per heavy atom. The lowest BCUT2D eigenvalue weighted by Gasteiger charge is -2.30. The minimum absolute atomic E-state index is 0.0664. The highest BCUT2D eigenvalue weighted by Gasteiger charge is 2.29. The number of benzene rings is 2. The molecule has 14 nitrogen and oxygen atoms in total. The Labute approximate surface area is 251 Å². The van der Waals surface area contributed by atoms with E-state index < -0.39 is 48.4 Å². The maximum Gasteiger partial charge on any atom is 0.407 e. The monoisotopic (exact) mass is 603 g/mol. The number of aromatic nitrogens is 2. The molecule has 0 saturated carbocycles. The highest BCUT2D eigenvalue weighted by Crippen LogP contribution is 2.44. The predicted octanol–water partition coefficient (Wildman–Crippen LogP) is 3.15. The molecule has 1 aliphatic rings. The Balaban J connectivity index is 1.30. The average Bonchev–Trinajstić information content (AvgIpc) is 3.32. The summed E-state index contributed by atoms with van der Waals surface area (Å²) >= 11 is 0. The molecule has 3 N–H and O–H groups in total. The molecule has 4 rings (SSSR count). The van der Waals surface area contributed by atoms with Gasteiger partial charge in [-0.25, -0.2) is 9.59 Å². The van der Waals surface area contributed by atoms with Crippen LogP contribution in [0.25, 0.3) is 21.6 Å². The summed E-state index contributed by atoms with van der Waals surface area (Å²) in [6.07, 6.45) is 1.85. The number of carbonyl (C=O) groups is 3. The molecule has 14 heteroatoms. The summed E-state index contributed by atoms with van der Waals surface area (Å²) in [7, 11) is 0. The molecule has 0 spiro atoms. The van der Waals surface area contributed by atoms with Crippen LogP contribution in [-0.4, -0.2) is 69.8 Å². The molecule has 2 aromatic carbocycles. The lowest BCUT2D eigenvalue weighted by Crippen LogP contribution is -2.47. The molecule has 0 aliphatic heterocycles. The van der Waals surface area contributed by atoms with Crippen LogP contribution in [0.4, 0.5) is 4.79 Å². The van der Waals surface area contributed by atoms with Gasteiger partial charge in [-0.2, -0.15) is 0 Å². The van der Waals surface area contributed by atoms with Crippen molar-refractivity contribution in [2.45, 2.75) is 44.7 Å². The number of aromatic amines is 1. The number of unbranched alkanes of at least 4 members (excludes halogenated alkanes) is 1. The summed E-state index contributed by atoms with van der Waals surface area (Å²) in [6, 6.07) is 15.3. The van der Waals surface area contributed by atoms with Crippen molar-refractivity contribution in [3.8, 4) is 11.1 Å². The number of H-pyrrole nitrogens is 1. The van der Waals surface area contributed by atoms with Crippen molar-refractivity contribution in [1.82, 2.24) is 19.8 Å². The first kappa shape index (κ1) is 31.6. The minimum atomic E-state index is -1.29. The number of carboxylic acids is 1. The number of carbonyl (C=O) groups excluding carboxylic acids is 2. The quantitative estimate of drug-likeness (QED) is 0.109. The fraction of sp³-hybridized carbons (Fsp3) is 0.367. The van der Waals surface area contributed by atoms with Crippen LogP contribution in [0.1, 0.15) is 41.9 Å². The van der Waals surface area contributed by atoms with E-state index in [9.17, 15) is 29.1 Å². The molecular formula is C30H33N7O7. The number of nitrogens with one attached hydrogen (secondary N) is 2. The number of carboxylic acid groups (broad SMARTS) is 1. The Kier molecular flexibility index (Phi) is 10.5. The SMILES string of the molecule is Cc1cn(CC(=O)N(CC(=O)O)[C@@H](CCCCNC(=O)OCC2c3ccccc3-c3ccccc32)CN=[N+]=[N-])c(=O)[nH]c1=O. The van der Waals surface area contributed by atoms with Crippen molar-refractivity contribution in [1.29, 1.82) is 0 Å². The van der Waals surface area contributed by atoms with Crippen LogP contribution in [-0.2, 0) is 20.9 Å². The normalized spacial score (nSPS) is 12.4. The number of nitrogens with zero attached hydrogens (tertiary/aromatic N) is 5. The van der Waals surface area contributed by atoms with Crippen molar-refractivity contribution in [2.24, 2.45) is 5.11 Å². The van der Waals surface area contributed by atoms with Gasteiger partial charge in [-0.1, -0.05) is 53.6 Å². The van der Waals surface area contributed by atoms with E-state index in [4.69, 9.17) is 10.3 Å². The number of alkyl carbamates (subject to hydrolysis) is 1. The number of aryl methyl sites for hydroxylation is 1. The first-order chi connectivity index (χ1) is 21.2. The largest absolute Gasteiger partial charge is 0.480 e. The van der Waals surface area contributed by atoms with Crippen LogP contribution in [0, 0.1) is 6.92 Å². The Hall–Kier alpha value is -5.36. The van der Waals surface area contributed by atoms with E-state index in [0.29, 0.717) is 12.8 Å². The fourth-order valence-electron chi connectivity index (χ4n) is 5.36. The lowest BCUT2D eigenvalue weighted by molar-refractivity contribution is -0.146. The molecule has 3 aromatic rings. The third-order valence-electron chi connectivity index (χ3n) is 7.49. The van der Waals surface area contributed by atoms with E-state index in [1.807, 2.05) is 36.4 Å². The van der Waals surface area contributed by atoms with E-state index in [0.717, 1.165) is 31.7 Å². The first-order valence-electron chi connectivity index (χ1n) is 14.1. The van der Waals surface area contributed by atoms with E-state index in [-0.39, 0.29) is 37.6 Å². The fourth-order valence-corrected chi connectivity index (χ4v) is 5.36. The summed E-state index contributed by atoms with van der Waals surface area (Å²) in [6.45, 7) is 0.533. The number of ether oxygens (including phenoxy) is 1. The third-order valence-corrected chi connectivity index (χ3v) is 7.49. The maximum absolute atomic E-state index is 13.1.